The largest absolute Gasteiger partial charge is 0.388 e. The number of nitrogens with zero attached hydrogens (tertiary/aromatic N) is 3. The lowest BCUT2D eigenvalue weighted by molar-refractivity contribution is 0.164. The van der Waals surface area contributed by atoms with Crippen molar-refractivity contribution in [1.82, 2.24) is 9.38 Å². The maximum atomic E-state index is 10.1. The number of rotatable bonds is 2. The molecule has 20 heavy (non-hydrogen) atoms. The lowest BCUT2D eigenvalue weighted by Gasteiger charge is -2.33. The van der Waals surface area contributed by atoms with Crippen LogP contribution in [0.15, 0.2) is 42.0 Å². The van der Waals surface area contributed by atoms with E-state index in [0.29, 0.717) is 0 Å². The van der Waals surface area contributed by atoms with Crippen LogP contribution in [0.5, 0.6) is 0 Å². The molecule has 0 aliphatic carbocycles. The Balaban J connectivity index is 1.66. The van der Waals surface area contributed by atoms with Crippen molar-refractivity contribution in [1.29, 1.82) is 0 Å². The Morgan fingerprint density at radius 1 is 1.35 bits per heavy atom. The summed E-state index contributed by atoms with van der Waals surface area (Å²) < 4.78 is 2.06. The highest BCUT2D eigenvalue weighted by atomic mass is 32.1. The molecule has 0 fully saturated rings. The Morgan fingerprint density at radius 2 is 2.25 bits per heavy atom. The molecular weight excluding hydrogens is 270 g/mol. The first kappa shape index (κ1) is 11.9. The van der Waals surface area contributed by atoms with Crippen LogP contribution in [0.1, 0.15) is 23.8 Å². The summed E-state index contributed by atoms with van der Waals surface area (Å²) in [6.45, 7) is 1.65. The Morgan fingerprint density at radius 3 is 3.15 bits per heavy atom. The van der Waals surface area contributed by atoms with Gasteiger partial charge in [0.1, 0.15) is 0 Å². The van der Waals surface area contributed by atoms with Crippen molar-refractivity contribution in [3.8, 4) is 0 Å². The molecule has 0 bridgehead atoms. The summed E-state index contributed by atoms with van der Waals surface area (Å²) in [4.78, 5) is 7.97. The van der Waals surface area contributed by atoms with E-state index in [4.69, 9.17) is 0 Å². The lowest BCUT2D eigenvalue weighted by atomic mass is 9.99. The van der Waals surface area contributed by atoms with E-state index in [1.807, 2.05) is 29.8 Å². The van der Waals surface area contributed by atoms with Crippen LogP contribution < -0.4 is 4.90 Å². The van der Waals surface area contributed by atoms with Crippen molar-refractivity contribution >= 4 is 22.0 Å². The van der Waals surface area contributed by atoms with Crippen LogP contribution in [0.4, 0.5) is 5.69 Å². The maximum absolute atomic E-state index is 10.1. The van der Waals surface area contributed by atoms with Crippen molar-refractivity contribution in [3.05, 3.63) is 53.3 Å². The smallest absolute Gasteiger partial charge is 0.193 e. The van der Waals surface area contributed by atoms with Crippen molar-refractivity contribution in [2.24, 2.45) is 0 Å². The fourth-order valence-electron chi connectivity index (χ4n) is 2.82. The SMILES string of the molecule is OC1CCN(Cc2cn3ccsc3n2)c2ccccc21. The van der Waals surface area contributed by atoms with Gasteiger partial charge in [-0.3, -0.25) is 4.40 Å². The molecule has 3 heterocycles. The second kappa shape index (κ2) is 4.61. The summed E-state index contributed by atoms with van der Waals surface area (Å²) in [5, 5.41) is 12.1. The molecule has 3 aromatic rings. The van der Waals surface area contributed by atoms with Gasteiger partial charge in [0.2, 0.25) is 0 Å². The number of aromatic nitrogens is 2. The average molecular weight is 285 g/mol. The van der Waals surface area contributed by atoms with Gasteiger partial charge in [-0.15, -0.1) is 11.3 Å². The van der Waals surface area contributed by atoms with Crippen LogP contribution in [-0.2, 0) is 6.54 Å². The van der Waals surface area contributed by atoms with Crippen molar-refractivity contribution < 1.29 is 5.11 Å². The number of thiazole rings is 1. The molecule has 4 rings (SSSR count). The lowest BCUT2D eigenvalue weighted by Crippen LogP contribution is -2.30. The number of benzene rings is 1. The minimum Gasteiger partial charge on any atom is -0.388 e. The zero-order valence-electron chi connectivity index (χ0n) is 10.9. The molecule has 1 atom stereocenters. The summed E-state index contributed by atoms with van der Waals surface area (Å²) in [7, 11) is 0. The molecule has 4 nitrogen and oxygen atoms in total. The summed E-state index contributed by atoms with van der Waals surface area (Å²) >= 11 is 1.65. The van der Waals surface area contributed by atoms with Gasteiger partial charge in [-0.25, -0.2) is 4.98 Å². The van der Waals surface area contributed by atoms with Gasteiger partial charge < -0.3 is 10.0 Å². The second-order valence-corrected chi connectivity index (χ2v) is 5.98. The molecule has 1 aromatic carbocycles. The van der Waals surface area contributed by atoms with E-state index >= 15 is 0 Å². The molecule has 102 valence electrons. The Hall–Kier alpha value is -1.85. The van der Waals surface area contributed by atoms with E-state index in [-0.39, 0.29) is 6.10 Å². The highest BCUT2D eigenvalue weighted by Gasteiger charge is 2.23. The summed E-state index contributed by atoms with van der Waals surface area (Å²) in [5.41, 5.74) is 3.23. The number of imidazole rings is 1. The molecule has 1 aliphatic heterocycles. The van der Waals surface area contributed by atoms with E-state index in [9.17, 15) is 5.11 Å². The van der Waals surface area contributed by atoms with E-state index in [1.54, 1.807) is 11.3 Å². The number of anilines is 1. The minimum atomic E-state index is -0.340. The number of aliphatic hydroxyl groups excluding tert-OH is 1. The quantitative estimate of drug-likeness (QED) is 0.787. The van der Waals surface area contributed by atoms with Gasteiger partial charge >= 0.3 is 0 Å². The summed E-state index contributed by atoms with van der Waals surface area (Å²) in [6, 6.07) is 8.10. The Labute approximate surface area is 120 Å². The summed E-state index contributed by atoms with van der Waals surface area (Å²) in [6.07, 6.45) is 4.55. The van der Waals surface area contributed by atoms with Crippen LogP contribution in [0.25, 0.3) is 4.96 Å². The zero-order valence-corrected chi connectivity index (χ0v) is 11.8. The number of hydrogen-bond donors (Lipinski definition) is 1. The molecule has 0 amide bonds. The highest BCUT2D eigenvalue weighted by Crippen LogP contribution is 2.34. The molecule has 1 N–H and O–H groups in total. The summed E-state index contributed by atoms with van der Waals surface area (Å²) in [5.74, 6) is 0. The topological polar surface area (TPSA) is 40.8 Å². The molecule has 0 radical (unpaired) electrons. The van der Waals surface area contributed by atoms with Crippen LogP contribution >= 0.6 is 11.3 Å². The first-order chi connectivity index (χ1) is 9.81. The van der Waals surface area contributed by atoms with Gasteiger partial charge in [0.15, 0.2) is 4.96 Å². The van der Waals surface area contributed by atoms with Crippen LogP contribution in [-0.4, -0.2) is 21.0 Å². The molecule has 1 aliphatic rings. The van der Waals surface area contributed by atoms with Gasteiger partial charge in [0.25, 0.3) is 0 Å². The highest BCUT2D eigenvalue weighted by molar-refractivity contribution is 7.15. The molecule has 5 heteroatoms. The van der Waals surface area contributed by atoms with Crippen LogP contribution in [0.2, 0.25) is 0 Å². The van der Waals surface area contributed by atoms with E-state index in [0.717, 1.165) is 41.4 Å². The van der Waals surface area contributed by atoms with Crippen molar-refractivity contribution in [2.45, 2.75) is 19.1 Å². The van der Waals surface area contributed by atoms with Gasteiger partial charge in [-0.2, -0.15) is 0 Å². The monoisotopic (exact) mass is 285 g/mol. The minimum absolute atomic E-state index is 0.340. The van der Waals surface area contributed by atoms with E-state index < -0.39 is 0 Å². The average Bonchev–Trinajstić information content (AvgIpc) is 3.03. The Bertz CT molecular complexity index is 720. The molecule has 0 spiro atoms. The van der Waals surface area contributed by atoms with E-state index in [2.05, 4.69) is 26.5 Å². The number of aliphatic hydroxyl groups is 1. The zero-order chi connectivity index (χ0) is 13.5. The third-order valence-electron chi connectivity index (χ3n) is 3.80. The van der Waals surface area contributed by atoms with Crippen LogP contribution in [0, 0.1) is 0 Å². The predicted molar refractivity (Wildman–Crippen MR) is 80.1 cm³/mol. The van der Waals surface area contributed by atoms with Crippen molar-refractivity contribution in [2.75, 3.05) is 11.4 Å². The number of hydrogen-bond acceptors (Lipinski definition) is 4. The second-order valence-electron chi connectivity index (χ2n) is 5.11. The van der Waals surface area contributed by atoms with Crippen LogP contribution in [0.3, 0.4) is 0 Å². The number of fused-ring (bicyclic) bond motifs is 2. The molecule has 1 unspecified atom stereocenters. The number of para-hydroxylation sites is 1. The first-order valence-corrected chi connectivity index (χ1v) is 7.62. The van der Waals surface area contributed by atoms with Gasteiger partial charge in [0, 0.05) is 35.6 Å². The van der Waals surface area contributed by atoms with Gasteiger partial charge in [0.05, 0.1) is 18.3 Å². The fraction of sp³-hybridized carbons (Fsp3) is 0.267. The van der Waals surface area contributed by atoms with Crippen molar-refractivity contribution in [3.63, 3.8) is 0 Å². The maximum Gasteiger partial charge on any atom is 0.193 e. The third kappa shape index (κ3) is 1.90. The normalized spacial score (nSPS) is 18.4. The molecule has 0 saturated heterocycles. The first-order valence-electron chi connectivity index (χ1n) is 6.74. The third-order valence-corrected chi connectivity index (χ3v) is 4.58. The Kier molecular flexibility index (Phi) is 2.75. The van der Waals surface area contributed by atoms with Gasteiger partial charge in [-0.1, -0.05) is 18.2 Å². The molecule has 0 saturated carbocycles. The fourth-order valence-corrected chi connectivity index (χ4v) is 3.54. The van der Waals surface area contributed by atoms with Gasteiger partial charge in [-0.05, 0) is 12.5 Å². The van der Waals surface area contributed by atoms with E-state index in [1.165, 1.54) is 0 Å². The predicted octanol–water partition coefficient (Wildman–Crippen LogP) is 2.84. The molecular formula is C15H15N3OS. The standard InChI is InChI=1S/C15H15N3OS/c19-14-5-6-17(13-4-2-1-3-12(13)14)9-11-10-18-7-8-20-15(18)16-11/h1-4,7-8,10,14,19H,5-6,9H2. The molecule has 2 aromatic heterocycles.